The first kappa shape index (κ1) is 12.1. The fraction of sp³-hybridized carbons (Fsp3) is 0.182. The molecule has 6 heteroatoms. The molecule has 0 N–H and O–H groups in total. The number of carbonyl (C=O) groups is 1. The van der Waals surface area contributed by atoms with E-state index < -0.39 is 0 Å². The Morgan fingerprint density at radius 1 is 1.53 bits per heavy atom. The molecule has 0 aliphatic heterocycles. The molecule has 1 aromatic carbocycles. The summed E-state index contributed by atoms with van der Waals surface area (Å²) in [5.74, 6) is 0.351. The van der Waals surface area contributed by atoms with E-state index in [9.17, 15) is 4.79 Å². The molecule has 17 heavy (non-hydrogen) atoms. The quantitative estimate of drug-likeness (QED) is 0.631. The van der Waals surface area contributed by atoms with Gasteiger partial charge >= 0.3 is 0 Å². The summed E-state index contributed by atoms with van der Waals surface area (Å²) in [5.41, 5.74) is 0.513. The Bertz CT molecular complexity index is 541. The third kappa shape index (κ3) is 3.08. The molecule has 1 aromatic heterocycles. The van der Waals surface area contributed by atoms with Crippen LogP contribution in [0.1, 0.15) is 10.5 Å². The molecule has 88 valence electrons. The Morgan fingerprint density at radius 3 is 3.00 bits per heavy atom. The number of rotatable bonds is 4. The van der Waals surface area contributed by atoms with Gasteiger partial charge in [0.1, 0.15) is 5.69 Å². The maximum atomic E-state index is 11.8. The number of nitrogens with zero attached hydrogens (tertiary/aromatic N) is 3. The van der Waals surface area contributed by atoms with Gasteiger partial charge in [0.25, 0.3) is 0 Å². The summed E-state index contributed by atoms with van der Waals surface area (Å²) in [6.45, 7) is 0. The molecule has 0 spiro atoms. The van der Waals surface area contributed by atoms with E-state index in [2.05, 4.69) is 10.3 Å². The Balaban J connectivity index is 1.99. The van der Waals surface area contributed by atoms with Crippen molar-refractivity contribution in [2.45, 2.75) is 4.90 Å². The third-order valence-corrected chi connectivity index (χ3v) is 3.40. The lowest BCUT2D eigenvalue weighted by molar-refractivity contribution is 0.101. The van der Waals surface area contributed by atoms with Crippen molar-refractivity contribution in [2.24, 2.45) is 7.05 Å². The molecule has 1 heterocycles. The number of thioether (sulfide) groups is 1. The van der Waals surface area contributed by atoms with Gasteiger partial charge < -0.3 is 0 Å². The molecule has 0 saturated carbocycles. The average Bonchev–Trinajstić information content (AvgIpc) is 2.72. The molecule has 0 radical (unpaired) electrons. The topological polar surface area (TPSA) is 47.8 Å². The van der Waals surface area contributed by atoms with Crippen molar-refractivity contribution in [1.82, 2.24) is 15.0 Å². The van der Waals surface area contributed by atoms with Crippen molar-refractivity contribution >= 4 is 29.1 Å². The zero-order valence-corrected chi connectivity index (χ0v) is 10.7. The van der Waals surface area contributed by atoms with Gasteiger partial charge in [-0.3, -0.25) is 4.79 Å². The van der Waals surface area contributed by atoms with Crippen LogP contribution in [0.2, 0.25) is 5.02 Å². The van der Waals surface area contributed by atoms with Gasteiger partial charge in [0.05, 0.1) is 11.9 Å². The maximum absolute atomic E-state index is 11.8. The highest BCUT2D eigenvalue weighted by Crippen LogP contribution is 2.22. The largest absolute Gasteiger partial charge is 0.291 e. The first-order chi connectivity index (χ1) is 8.16. The Morgan fingerprint density at radius 2 is 2.35 bits per heavy atom. The summed E-state index contributed by atoms with van der Waals surface area (Å²) in [6, 6.07) is 7.42. The van der Waals surface area contributed by atoms with Gasteiger partial charge in [-0.2, -0.15) is 0 Å². The summed E-state index contributed by atoms with van der Waals surface area (Å²) < 4.78 is 1.47. The molecule has 2 rings (SSSR count). The minimum absolute atomic E-state index is 0.00229. The zero-order chi connectivity index (χ0) is 12.3. The lowest BCUT2D eigenvalue weighted by Crippen LogP contribution is -2.08. The molecule has 2 aromatic rings. The van der Waals surface area contributed by atoms with Gasteiger partial charge in [0.15, 0.2) is 5.78 Å². The van der Waals surface area contributed by atoms with E-state index in [4.69, 9.17) is 11.6 Å². The average molecular weight is 268 g/mol. The van der Waals surface area contributed by atoms with Crippen LogP contribution < -0.4 is 0 Å². The van der Waals surface area contributed by atoms with Crippen LogP contribution in [0.4, 0.5) is 0 Å². The van der Waals surface area contributed by atoms with Crippen LogP contribution in [0, 0.1) is 0 Å². The van der Waals surface area contributed by atoms with Crippen molar-refractivity contribution < 1.29 is 4.79 Å². The van der Waals surface area contributed by atoms with Crippen LogP contribution in [0.5, 0.6) is 0 Å². The van der Waals surface area contributed by atoms with E-state index in [1.807, 2.05) is 18.2 Å². The summed E-state index contributed by atoms with van der Waals surface area (Å²) in [7, 11) is 1.70. The lowest BCUT2D eigenvalue weighted by Gasteiger charge is -2.01. The number of hydrogen-bond donors (Lipinski definition) is 0. The smallest absolute Gasteiger partial charge is 0.192 e. The van der Waals surface area contributed by atoms with Crippen LogP contribution in [-0.2, 0) is 7.05 Å². The number of halogens is 1. The first-order valence-electron chi connectivity index (χ1n) is 4.93. The molecule has 0 bridgehead atoms. The summed E-state index contributed by atoms with van der Waals surface area (Å²) >= 11 is 7.31. The number of ketones is 1. The van der Waals surface area contributed by atoms with E-state index in [0.717, 1.165) is 4.90 Å². The second-order valence-corrected chi connectivity index (χ2v) is 4.90. The van der Waals surface area contributed by atoms with Crippen molar-refractivity contribution in [2.75, 3.05) is 5.75 Å². The standard InChI is InChI=1S/C11H10ClN3OS/c1-15-10(6-13-14-15)11(16)7-17-9-4-2-3-8(12)5-9/h2-6H,7H2,1H3. The molecular weight excluding hydrogens is 258 g/mol. The predicted molar refractivity (Wildman–Crippen MR) is 67.5 cm³/mol. The molecule has 0 saturated heterocycles. The minimum atomic E-state index is 0.00229. The number of aryl methyl sites for hydroxylation is 1. The molecule has 0 aliphatic carbocycles. The molecule has 4 nitrogen and oxygen atoms in total. The monoisotopic (exact) mass is 267 g/mol. The molecule has 0 atom stereocenters. The predicted octanol–water partition coefficient (Wildman–Crippen LogP) is 2.44. The van der Waals surface area contributed by atoms with Gasteiger partial charge in [-0.25, -0.2) is 4.68 Å². The second kappa shape index (κ2) is 5.33. The molecule has 0 unspecified atom stereocenters. The number of hydrogen-bond acceptors (Lipinski definition) is 4. The third-order valence-electron chi connectivity index (χ3n) is 2.17. The summed E-state index contributed by atoms with van der Waals surface area (Å²) in [6.07, 6.45) is 1.47. The van der Waals surface area contributed by atoms with Crippen LogP contribution >= 0.6 is 23.4 Å². The Kier molecular flexibility index (Phi) is 3.81. The maximum Gasteiger partial charge on any atom is 0.192 e. The second-order valence-electron chi connectivity index (χ2n) is 3.41. The number of benzene rings is 1. The molecule has 0 fully saturated rings. The number of Topliss-reactive ketones (excluding diaryl/α,β-unsaturated/α-hetero) is 1. The highest BCUT2D eigenvalue weighted by atomic mass is 35.5. The Labute approximate surface area is 108 Å². The highest BCUT2D eigenvalue weighted by Gasteiger charge is 2.11. The summed E-state index contributed by atoms with van der Waals surface area (Å²) in [5, 5.41) is 8.07. The van der Waals surface area contributed by atoms with Crippen molar-refractivity contribution in [3.63, 3.8) is 0 Å². The van der Waals surface area contributed by atoms with Crippen LogP contribution in [0.25, 0.3) is 0 Å². The van der Waals surface area contributed by atoms with Crippen molar-refractivity contribution in [3.05, 3.63) is 41.2 Å². The summed E-state index contributed by atoms with van der Waals surface area (Å²) in [4.78, 5) is 12.8. The molecule has 0 aliphatic rings. The molecule has 0 amide bonds. The SMILES string of the molecule is Cn1nncc1C(=O)CSc1cccc(Cl)c1. The first-order valence-corrected chi connectivity index (χ1v) is 6.29. The van der Waals surface area contributed by atoms with E-state index in [1.54, 1.807) is 13.1 Å². The van der Waals surface area contributed by atoms with Gasteiger partial charge in [0.2, 0.25) is 0 Å². The number of carbonyl (C=O) groups excluding carboxylic acids is 1. The van der Waals surface area contributed by atoms with Gasteiger partial charge in [-0.1, -0.05) is 22.9 Å². The van der Waals surface area contributed by atoms with Gasteiger partial charge in [-0.05, 0) is 18.2 Å². The van der Waals surface area contributed by atoms with Crippen LogP contribution in [0.15, 0.2) is 35.4 Å². The van der Waals surface area contributed by atoms with E-state index in [-0.39, 0.29) is 5.78 Å². The fourth-order valence-electron chi connectivity index (χ4n) is 1.32. The van der Waals surface area contributed by atoms with Crippen LogP contribution in [0.3, 0.4) is 0 Å². The van der Waals surface area contributed by atoms with Gasteiger partial charge in [0, 0.05) is 17.0 Å². The fourth-order valence-corrected chi connectivity index (χ4v) is 2.41. The Hall–Kier alpha value is -1.33. The number of aromatic nitrogens is 3. The lowest BCUT2D eigenvalue weighted by atomic mass is 10.3. The van der Waals surface area contributed by atoms with Crippen molar-refractivity contribution in [1.29, 1.82) is 0 Å². The minimum Gasteiger partial charge on any atom is -0.291 e. The molecular formula is C11H10ClN3OS. The van der Waals surface area contributed by atoms with Crippen LogP contribution in [-0.4, -0.2) is 26.5 Å². The van der Waals surface area contributed by atoms with E-state index in [0.29, 0.717) is 16.5 Å². The zero-order valence-electron chi connectivity index (χ0n) is 9.13. The van der Waals surface area contributed by atoms with Crippen molar-refractivity contribution in [3.8, 4) is 0 Å². The van der Waals surface area contributed by atoms with E-state index >= 15 is 0 Å². The normalized spacial score (nSPS) is 10.5. The highest BCUT2D eigenvalue weighted by molar-refractivity contribution is 8.00. The van der Waals surface area contributed by atoms with E-state index in [1.165, 1.54) is 22.6 Å². The van der Waals surface area contributed by atoms with Gasteiger partial charge in [-0.15, -0.1) is 16.9 Å².